The molecule has 2 rings (SSSR count). The molecule has 0 amide bonds. The van der Waals surface area contributed by atoms with Crippen molar-refractivity contribution < 1.29 is 4.42 Å². The smallest absolute Gasteiger partial charge is 0.195 e. The van der Waals surface area contributed by atoms with Gasteiger partial charge in [0.25, 0.3) is 0 Å². The highest BCUT2D eigenvalue weighted by atomic mass is 16.4. The molecule has 3 heteroatoms. The Morgan fingerprint density at radius 1 is 1.60 bits per heavy atom. The molecule has 1 aliphatic rings. The van der Waals surface area contributed by atoms with E-state index in [4.69, 9.17) is 4.42 Å². The van der Waals surface area contributed by atoms with E-state index in [0.29, 0.717) is 5.92 Å². The molecule has 1 atom stereocenters. The molecule has 15 heavy (non-hydrogen) atoms. The van der Waals surface area contributed by atoms with E-state index in [9.17, 15) is 0 Å². The van der Waals surface area contributed by atoms with Gasteiger partial charge in [0.15, 0.2) is 5.89 Å². The van der Waals surface area contributed by atoms with Gasteiger partial charge in [0.2, 0.25) is 0 Å². The van der Waals surface area contributed by atoms with Crippen molar-refractivity contribution in [3.63, 3.8) is 0 Å². The summed E-state index contributed by atoms with van der Waals surface area (Å²) < 4.78 is 5.74. The SMILES string of the molecule is CCNCCc1ncc(C(C)C2CC2)o1. The fraction of sp³-hybridized carbons (Fsp3) is 0.750. The summed E-state index contributed by atoms with van der Waals surface area (Å²) in [5.74, 6) is 3.35. The molecule has 0 aromatic carbocycles. The number of oxazole rings is 1. The first kappa shape index (κ1) is 10.7. The van der Waals surface area contributed by atoms with Gasteiger partial charge in [0.1, 0.15) is 5.76 Å². The standard InChI is InChI=1S/C12H20N2O/c1-3-13-7-6-12-14-8-11(15-12)9(2)10-4-5-10/h8-10,13H,3-7H2,1-2H3. The minimum atomic E-state index is 0.561. The molecule has 0 radical (unpaired) electrons. The predicted octanol–water partition coefficient (Wildman–Crippen LogP) is 2.34. The molecule has 1 fully saturated rings. The first-order valence-corrected chi connectivity index (χ1v) is 5.96. The third-order valence-electron chi connectivity index (χ3n) is 3.11. The Morgan fingerprint density at radius 2 is 2.40 bits per heavy atom. The number of hydrogen-bond donors (Lipinski definition) is 1. The zero-order valence-electron chi connectivity index (χ0n) is 9.62. The zero-order valence-corrected chi connectivity index (χ0v) is 9.62. The summed E-state index contributed by atoms with van der Waals surface area (Å²) in [7, 11) is 0. The molecule has 3 nitrogen and oxygen atoms in total. The second-order valence-electron chi connectivity index (χ2n) is 4.39. The van der Waals surface area contributed by atoms with Gasteiger partial charge < -0.3 is 9.73 Å². The van der Waals surface area contributed by atoms with Crippen LogP contribution in [0.2, 0.25) is 0 Å². The summed E-state index contributed by atoms with van der Waals surface area (Å²) >= 11 is 0. The number of rotatable bonds is 6. The molecule has 1 unspecified atom stereocenters. The summed E-state index contributed by atoms with van der Waals surface area (Å²) in [4.78, 5) is 4.31. The van der Waals surface area contributed by atoms with E-state index >= 15 is 0 Å². The zero-order chi connectivity index (χ0) is 10.7. The van der Waals surface area contributed by atoms with Gasteiger partial charge in [-0.1, -0.05) is 13.8 Å². The minimum Gasteiger partial charge on any atom is -0.445 e. The molecule has 1 aromatic rings. The summed E-state index contributed by atoms with van der Waals surface area (Å²) in [6, 6.07) is 0. The highest BCUT2D eigenvalue weighted by Crippen LogP contribution is 2.42. The van der Waals surface area contributed by atoms with Gasteiger partial charge >= 0.3 is 0 Å². The van der Waals surface area contributed by atoms with Crippen molar-refractivity contribution >= 4 is 0 Å². The highest BCUT2D eigenvalue weighted by Gasteiger charge is 2.31. The Morgan fingerprint density at radius 3 is 3.07 bits per heavy atom. The van der Waals surface area contributed by atoms with Gasteiger partial charge in [-0.2, -0.15) is 0 Å². The molecule has 1 aromatic heterocycles. The van der Waals surface area contributed by atoms with Crippen LogP contribution in [0.5, 0.6) is 0 Å². The average Bonchev–Trinajstić information content (AvgIpc) is 2.98. The number of nitrogens with one attached hydrogen (secondary N) is 1. The second-order valence-corrected chi connectivity index (χ2v) is 4.39. The van der Waals surface area contributed by atoms with Gasteiger partial charge in [-0.25, -0.2) is 4.98 Å². The van der Waals surface area contributed by atoms with Crippen LogP contribution in [0.25, 0.3) is 0 Å². The highest BCUT2D eigenvalue weighted by molar-refractivity contribution is 5.05. The number of nitrogens with zero attached hydrogens (tertiary/aromatic N) is 1. The van der Waals surface area contributed by atoms with E-state index in [-0.39, 0.29) is 0 Å². The molecule has 1 aliphatic carbocycles. The summed E-state index contributed by atoms with van der Waals surface area (Å²) in [5.41, 5.74) is 0. The van der Waals surface area contributed by atoms with Crippen LogP contribution >= 0.6 is 0 Å². The molecule has 0 spiro atoms. The normalized spacial score (nSPS) is 18.0. The Labute approximate surface area is 91.3 Å². The minimum absolute atomic E-state index is 0.561. The van der Waals surface area contributed by atoms with Crippen molar-refractivity contribution in [2.45, 2.75) is 39.0 Å². The maximum absolute atomic E-state index is 5.74. The Balaban J connectivity index is 1.85. The van der Waals surface area contributed by atoms with Crippen LogP contribution in [-0.4, -0.2) is 18.1 Å². The molecule has 0 saturated heterocycles. The van der Waals surface area contributed by atoms with Crippen molar-refractivity contribution in [1.29, 1.82) is 0 Å². The molecule has 0 aliphatic heterocycles. The van der Waals surface area contributed by atoms with E-state index in [0.717, 1.165) is 37.1 Å². The van der Waals surface area contributed by atoms with E-state index in [1.807, 2.05) is 6.20 Å². The van der Waals surface area contributed by atoms with Gasteiger partial charge in [0.05, 0.1) is 6.20 Å². The van der Waals surface area contributed by atoms with Crippen LogP contribution in [0.3, 0.4) is 0 Å². The summed E-state index contributed by atoms with van der Waals surface area (Å²) in [6.07, 6.45) is 5.51. The third kappa shape index (κ3) is 2.81. The van der Waals surface area contributed by atoms with Gasteiger partial charge in [-0.15, -0.1) is 0 Å². The van der Waals surface area contributed by atoms with Gasteiger partial charge in [-0.05, 0) is 25.3 Å². The number of hydrogen-bond acceptors (Lipinski definition) is 3. The second kappa shape index (κ2) is 4.79. The maximum Gasteiger partial charge on any atom is 0.195 e. The number of likely N-dealkylation sites (N-methyl/N-ethyl adjacent to an activating group) is 1. The maximum atomic E-state index is 5.74. The molecule has 1 saturated carbocycles. The lowest BCUT2D eigenvalue weighted by Gasteiger charge is -2.04. The molecule has 84 valence electrons. The Hall–Kier alpha value is -0.830. The van der Waals surface area contributed by atoms with E-state index in [1.54, 1.807) is 0 Å². The Kier molecular flexibility index (Phi) is 3.41. The third-order valence-corrected chi connectivity index (χ3v) is 3.11. The van der Waals surface area contributed by atoms with E-state index in [1.165, 1.54) is 12.8 Å². The average molecular weight is 208 g/mol. The van der Waals surface area contributed by atoms with Crippen molar-refractivity contribution in [3.05, 3.63) is 17.8 Å². The molecule has 1 N–H and O–H groups in total. The monoisotopic (exact) mass is 208 g/mol. The molecular weight excluding hydrogens is 188 g/mol. The summed E-state index contributed by atoms with van der Waals surface area (Å²) in [5, 5.41) is 3.27. The Bertz CT molecular complexity index is 304. The lowest BCUT2D eigenvalue weighted by molar-refractivity contribution is 0.413. The lowest BCUT2D eigenvalue weighted by Crippen LogP contribution is -2.16. The quantitative estimate of drug-likeness (QED) is 0.729. The topological polar surface area (TPSA) is 38.1 Å². The largest absolute Gasteiger partial charge is 0.445 e. The first-order valence-electron chi connectivity index (χ1n) is 5.96. The summed E-state index contributed by atoms with van der Waals surface area (Å²) in [6.45, 7) is 6.31. The molecular formula is C12H20N2O. The van der Waals surface area contributed by atoms with Crippen molar-refractivity contribution in [2.75, 3.05) is 13.1 Å². The predicted molar refractivity (Wildman–Crippen MR) is 59.9 cm³/mol. The van der Waals surface area contributed by atoms with Crippen molar-refractivity contribution in [3.8, 4) is 0 Å². The van der Waals surface area contributed by atoms with Gasteiger partial charge in [-0.3, -0.25) is 0 Å². The number of aromatic nitrogens is 1. The van der Waals surface area contributed by atoms with Gasteiger partial charge in [0, 0.05) is 18.9 Å². The van der Waals surface area contributed by atoms with Crippen LogP contribution in [0, 0.1) is 5.92 Å². The lowest BCUT2D eigenvalue weighted by atomic mass is 10.0. The van der Waals surface area contributed by atoms with Crippen molar-refractivity contribution in [1.82, 2.24) is 10.3 Å². The van der Waals surface area contributed by atoms with E-state index < -0.39 is 0 Å². The van der Waals surface area contributed by atoms with Crippen molar-refractivity contribution in [2.24, 2.45) is 5.92 Å². The van der Waals surface area contributed by atoms with Crippen LogP contribution in [0.1, 0.15) is 44.3 Å². The fourth-order valence-corrected chi connectivity index (χ4v) is 1.85. The molecule has 0 bridgehead atoms. The fourth-order valence-electron chi connectivity index (χ4n) is 1.85. The van der Waals surface area contributed by atoms with Crippen LogP contribution in [-0.2, 0) is 6.42 Å². The van der Waals surface area contributed by atoms with Crippen LogP contribution in [0.4, 0.5) is 0 Å². The molecule has 1 heterocycles. The van der Waals surface area contributed by atoms with Crippen LogP contribution in [0.15, 0.2) is 10.6 Å². The van der Waals surface area contributed by atoms with E-state index in [2.05, 4.69) is 24.1 Å². The van der Waals surface area contributed by atoms with Crippen LogP contribution < -0.4 is 5.32 Å². The first-order chi connectivity index (χ1) is 7.31.